The molecule has 1 fully saturated rings. The van der Waals surface area contributed by atoms with E-state index in [1.807, 2.05) is 43.3 Å². The molecule has 0 unspecified atom stereocenters. The minimum atomic E-state index is -3.58. The van der Waals surface area contributed by atoms with E-state index in [0.717, 1.165) is 11.1 Å². The SMILES string of the molecule is Cc1ccc(C(=O)N2CCN(S(=O)(=O)/C=C/c3ccccc3)CC2)cc1NC(=O)c1ccccc1. The average molecular weight is 490 g/mol. The van der Waals surface area contributed by atoms with Crippen LogP contribution in [0.5, 0.6) is 0 Å². The van der Waals surface area contributed by atoms with E-state index in [0.29, 0.717) is 16.8 Å². The third-order valence-electron chi connectivity index (χ3n) is 5.89. The van der Waals surface area contributed by atoms with Crippen LogP contribution in [0.25, 0.3) is 6.08 Å². The monoisotopic (exact) mass is 489 g/mol. The molecular formula is C27H27N3O4S. The Balaban J connectivity index is 1.40. The molecule has 8 heteroatoms. The number of amides is 2. The molecule has 35 heavy (non-hydrogen) atoms. The maximum atomic E-state index is 13.1. The van der Waals surface area contributed by atoms with Crippen LogP contribution in [0, 0.1) is 6.92 Å². The summed E-state index contributed by atoms with van der Waals surface area (Å²) in [4.78, 5) is 27.3. The second-order valence-corrected chi connectivity index (χ2v) is 10.1. The molecule has 4 rings (SSSR count). The lowest BCUT2D eigenvalue weighted by molar-refractivity contribution is 0.0698. The standard InChI is InChI=1S/C27H27N3O4S/c1-21-12-13-24(20-25(21)28-26(31)23-10-6-3-7-11-23)27(32)29-15-17-30(18-16-29)35(33,34)19-14-22-8-4-2-5-9-22/h2-14,19-20H,15-18H2,1H3,(H,28,31)/b19-14+. The molecular weight excluding hydrogens is 462 g/mol. The van der Waals surface area contributed by atoms with E-state index in [1.165, 1.54) is 9.71 Å². The summed E-state index contributed by atoms with van der Waals surface area (Å²) in [6.45, 7) is 2.88. The van der Waals surface area contributed by atoms with Crippen LogP contribution >= 0.6 is 0 Å². The molecule has 1 aliphatic rings. The Hall–Kier alpha value is -3.75. The summed E-state index contributed by atoms with van der Waals surface area (Å²) in [7, 11) is -3.58. The van der Waals surface area contributed by atoms with E-state index in [2.05, 4.69) is 5.32 Å². The van der Waals surface area contributed by atoms with Gasteiger partial charge in [0.05, 0.1) is 0 Å². The Morgan fingerprint density at radius 1 is 0.829 bits per heavy atom. The van der Waals surface area contributed by atoms with Crippen molar-refractivity contribution in [2.75, 3.05) is 31.5 Å². The van der Waals surface area contributed by atoms with Gasteiger partial charge < -0.3 is 10.2 Å². The van der Waals surface area contributed by atoms with Crippen LogP contribution < -0.4 is 5.32 Å². The zero-order valence-electron chi connectivity index (χ0n) is 19.4. The quantitative estimate of drug-likeness (QED) is 0.567. The number of hydrogen-bond donors (Lipinski definition) is 1. The first-order valence-corrected chi connectivity index (χ1v) is 12.8. The second-order valence-electron chi connectivity index (χ2n) is 8.30. The predicted molar refractivity (Wildman–Crippen MR) is 137 cm³/mol. The van der Waals surface area contributed by atoms with Gasteiger partial charge in [-0.25, -0.2) is 8.42 Å². The minimum absolute atomic E-state index is 0.197. The van der Waals surface area contributed by atoms with Gasteiger partial charge in [0.25, 0.3) is 11.8 Å². The normalized spacial score (nSPS) is 14.7. The topological polar surface area (TPSA) is 86.8 Å². The van der Waals surface area contributed by atoms with Crippen molar-refractivity contribution < 1.29 is 18.0 Å². The predicted octanol–water partition coefficient (Wildman–Crippen LogP) is 4.01. The van der Waals surface area contributed by atoms with Gasteiger partial charge in [0.15, 0.2) is 0 Å². The molecule has 0 aliphatic carbocycles. The third kappa shape index (κ3) is 6.03. The van der Waals surface area contributed by atoms with Crippen LogP contribution in [-0.4, -0.2) is 55.6 Å². The maximum Gasteiger partial charge on any atom is 0.255 e. The van der Waals surface area contributed by atoms with E-state index in [-0.39, 0.29) is 38.0 Å². The minimum Gasteiger partial charge on any atom is -0.336 e. The molecule has 1 N–H and O–H groups in total. The summed E-state index contributed by atoms with van der Waals surface area (Å²) in [5, 5.41) is 4.08. The van der Waals surface area contributed by atoms with E-state index < -0.39 is 10.0 Å². The number of benzene rings is 3. The van der Waals surface area contributed by atoms with Gasteiger partial charge in [0, 0.05) is 48.4 Å². The first-order chi connectivity index (χ1) is 16.8. The molecule has 3 aromatic rings. The van der Waals surface area contributed by atoms with Gasteiger partial charge >= 0.3 is 0 Å². The van der Waals surface area contributed by atoms with Crippen molar-refractivity contribution in [3.63, 3.8) is 0 Å². The van der Waals surface area contributed by atoms with Gasteiger partial charge in [0.2, 0.25) is 10.0 Å². The molecule has 0 saturated carbocycles. The highest BCUT2D eigenvalue weighted by Gasteiger charge is 2.28. The molecule has 0 spiro atoms. The number of sulfonamides is 1. The molecule has 1 heterocycles. The number of hydrogen-bond acceptors (Lipinski definition) is 4. The van der Waals surface area contributed by atoms with Gasteiger partial charge in [-0.3, -0.25) is 9.59 Å². The van der Waals surface area contributed by atoms with Gasteiger partial charge in [-0.15, -0.1) is 0 Å². The Morgan fingerprint density at radius 2 is 1.46 bits per heavy atom. The van der Waals surface area contributed by atoms with Gasteiger partial charge in [0.1, 0.15) is 0 Å². The zero-order chi connectivity index (χ0) is 24.8. The number of nitrogens with one attached hydrogen (secondary N) is 1. The molecule has 1 aliphatic heterocycles. The fraction of sp³-hybridized carbons (Fsp3) is 0.185. The number of rotatable bonds is 6. The fourth-order valence-electron chi connectivity index (χ4n) is 3.82. The summed E-state index contributed by atoms with van der Waals surface area (Å²) in [6.07, 6.45) is 1.57. The summed E-state index contributed by atoms with van der Waals surface area (Å²) in [6, 6.07) is 23.3. The lowest BCUT2D eigenvalue weighted by Crippen LogP contribution is -2.50. The molecule has 3 aromatic carbocycles. The number of piperazine rings is 1. The fourth-order valence-corrected chi connectivity index (χ4v) is 4.99. The van der Waals surface area contributed by atoms with Gasteiger partial charge in [-0.2, -0.15) is 4.31 Å². The Labute approximate surface area is 205 Å². The Morgan fingerprint density at radius 3 is 2.11 bits per heavy atom. The van der Waals surface area contributed by atoms with Crippen LogP contribution in [0.4, 0.5) is 5.69 Å². The van der Waals surface area contributed by atoms with Crippen molar-refractivity contribution in [2.45, 2.75) is 6.92 Å². The van der Waals surface area contributed by atoms with E-state index in [1.54, 1.807) is 53.4 Å². The van der Waals surface area contributed by atoms with Crippen molar-refractivity contribution in [3.8, 4) is 0 Å². The number of anilines is 1. The molecule has 0 bridgehead atoms. The smallest absolute Gasteiger partial charge is 0.255 e. The zero-order valence-corrected chi connectivity index (χ0v) is 20.2. The van der Waals surface area contributed by atoms with Gasteiger partial charge in [-0.05, 0) is 48.4 Å². The molecule has 1 saturated heterocycles. The third-order valence-corrected chi connectivity index (χ3v) is 7.45. The summed E-state index contributed by atoms with van der Waals surface area (Å²) in [5.41, 5.74) is 3.19. The number of carbonyl (C=O) groups excluding carboxylic acids is 2. The first kappa shape index (κ1) is 24.4. The highest BCUT2D eigenvalue weighted by molar-refractivity contribution is 7.92. The van der Waals surface area contributed by atoms with Crippen LogP contribution in [0.3, 0.4) is 0 Å². The largest absolute Gasteiger partial charge is 0.336 e. The van der Waals surface area contributed by atoms with Crippen molar-refractivity contribution >= 4 is 33.6 Å². The van der Waals surface area contributed by atoms with Crippen molar-refractivity contribution in [3.05, 3.63) is 107 Å². The molecule has 2 amide bonds. The number of aryl methyl sites for hydroxylation is 1. The maximum absolute atomic E-state index is 13.1. The number of nitrogens with zero attached hydrogens (tertiary/aromatic N) is 2. The van der Waals surface area contributed by atoms with E-state index >= 15 is 0 Å². The summed E-state index contributed by atoms with van der Waals surface area (Å²) in [5.74, 6) is -0.447. The van der Waals surface area contributed by atoms with Crippen LogP contribution in [0.15, 0.2) is 84.3 Å². The van der Waals surface area contributed by atoms with Crippen molar-refractivity contribution in [1.29, 1.82) is 0 Å². The Bertz CT molecular complexity index is 1330. The van der Waals surface area contributed by atoms with Crippen molar-refractivity contribution in [2.24, 2.45) is 0 Å². The van der Waals surface area contributed by atoms with E-state index in [4.69, 9.17) is 0 Å². The molecule has 0 atom stereocenters. The van der Waals surface area contributed by atoms with Crippen LogP contribution in [-0.2, 0) is 10.0 Å². The average Bonchev–Trinajstić information content (AvgIpc) is 2.89. The lowest BCUT2D eigenvalue weighted by atomic mass is 10.1. The van der Waals surface area contributed by atoms with E-state index in [9.17, 15) is 18.0 Å². The Kier molecular flexibility index (Phi) is 7.43. The lowest BCUT2D eigenvalue weighted by Gasteiger charge is -2.33. The molecule has 180 valence electrons. The molecule has 0 radical (unpaired) electrons. The highest BCUT2D eigenvalue weighted by atomic mass is 32.2. The first-order valence-electron chi connectivity index (χ1n) is 11.3. The summed E-state index contributed by atoms with van der Waals surface area (Å²) >= 11 is 0. The molecule has 0 aromatic heterocycles. The van der Waals surface area contributed by atoms with Crippen LogP contribution in [0.1, 0.15) is 31.8 Å². The second kappa shape index (κ2) is 10.7. The van der Waals surface area contributed by atoms with Crippen molar-refractivity contribution in [1.82, 2.24) is 9.21 Å². The van der Waals surface area contributed by atoms with Gasteiger partial charge in [-0.1, -0.05) is 54.6 Å². The highest BCUT2D eigenvalue weighted by Crippen LogP contribution is 2.20. The number of carbonyl (C=O) groups is 2. The molecule has 7 nitrogen and oxygen atoms in total. The summed E-state index contributed by atoms with van der Waals surface area (Å²) < 4.78 is 26.8. The van der Waals surface area contributed by atoms with Crippen LogP contribution in [0.2, 0.25) is 0 Å².